The van der Waals surface area contributed by atoms with E-state index in [1.807, 2.05) is 24.3 Å². The second-order valence-electron chi connectivity index (χ2n) is 5.36. The van der Waals surface area contributed by atoms with E-state index in [9.17, 15) is 18.0 Å². The number of aryl methyl sites for hydroxylation is 1. The van der Waals surface area contributed by atoms with Crippen LogP contribution in [0.2, 0.25) is 0 Å². The molecule has 0 fully saturated rings. The molecule has 3 rings (SSSR count). The first-order chi connectivity index (χ1) is 10.4. The van der Waals surface area contributed by atoms with Crippen molar-refractivity contribution in [3.8, 4) is 0 Å². The molecular formula is C17H14F3NO. The molecule has 1 N–H and O–H groups in total. The summed E-state index contributed by atoms with van der Waals surface area (Å²) in [7, 11) is 0. The highest BCUT2D eigenvalue weighted by atomic mass is 19.4. The van der Waals surface area contributed by atoms with Crippen molar-refractivity contribution in [2.45, 2.75) is 24.9 Å². The van der Waals surface area contributed by atoms with Crippen LogP contribution in [0, 0.1) is 0 Å². The van der Waals surface area contributed by atoms with Crippen LogP contribution in [0.5, 0.6) is 0 Å². The number of halogens is 3. The zero-order valence-corrected chi connectivity index (χ0v) is 11.7. The fourth-order valence-electron chi connectivity index (χ4n) is 2.73. The summed E-state index contributed by atoms with van der Waals surface area (Å²) in [5.74, 6) is -0.612. The predicted molar refractivity (Wildman–Crippen MR) is 77.6 cm³/mol. The fraction of sp³-hybridized carbons (Fsp3) is 0.235. The molecule has 0 aliphatic carbocycles. The first-order valence-corrected chi connectivity index (χ1v) is 7.01. The Hall–Kier alpha value is -2.30. The SMILES string of the molecule is O=C1Nc2ccccc2CCC1c1ccc(C(F)(F)F)cc1. The second-order valence-corrected chi connectivity index (χ2v) is 5.36. The molecule has 0 spiro atoms. The summed E-state index contributed by atoms with van der Waals surface area (Å²) in [5, 5.41) is 2.85. The summed E-state index contributed by atoms with van der Waals surface area (Å²) in [6.45, 7) is 0. The number of para-hydroxylation sites is 1. The lowest BCUT2D eigenvalue weighted by Gasteiger charge is -2.15. The molecule has 1 unspecified atom stereocenters. The molecule has 1 atom stereocenters. The van der Waals surface area contributed by atoms with E-state index in [1.54, 1.807) is 0 Å². The minimum Gasteiger partial charge on any atom is -0.325 e. The quantitative estimate of drug-likeness (QED) is 0.832. The van der Waals surface area contributed by atoms with Crippen LogP contribution in [0.4, 0.5) is 18.9 Å². The van der Waals surface area contributed by atoms with Crippen LogP contribution in [0.1, 0.15) is 29.0 Å². The standard InChI is InChI=1S/C17H14F3NO/c18-17(19,20)13-8-5-11(6-9-13)14-10-7-12-3-1-2-4-15(12)21-16(14)22/h1-6,8-9,14H,7,10H2,(H,21,22). The highest BCUT2D eigenvalue weighted by Crippen LogP contribution is 2.33. The van der Waals surface area contributed by atoms with E-state index in [2.05, 4.69) is 5.32 Å². The molecule has 5 heteroatoms. The van der Waals surface area contributed by atoms with Crippen molar-refractivity contribution < 1.29 is 18.0 Å². The Balaban J connectivity index is 1.85. The Morgan fingerprint density at radius 2 is 1.68 bits per heavy atom. The van der Waals surface area contributed by atoms with Gasteiger partial charge in [0, 0.05) is 5.69 Å². The Bertz CT molecular complexity index is 692. The number of nitrogens with one attached hydrogen (secondary N) is 1. The summed E-state index contributed by atoms with van der Waals surface area (Å²) in [6, 6.07) is 12.4. The van der Waals surface area contributed by atoms with Gasteiger partial charge in [-0.1, -0.05) is 30.3 Å². The highest BCUT2D eigenvalue weighted by Gasteiger charge is 2.31. The first kappa shape index (κ1) is 14.6. The number of fused-ring (bicyclic) bond motifs is 1. The smallest absolute Gasteiger partial charge is 0.325 e. The van der Waals surface area contributed by atoms with Crippen molar-refractivity contribution in [1.29, 1.82) is 0 Å². The van der Waals surface area contributed by atoms with Gasteiger partial charge in [-0.15, -0.1) is 0 Å². The van der Waals surface area contributed by atoms with Crippen molar-refractivity contribution in [2.24, 2.45) is 0 Å². The summed E-state index contributed by atoms with van der Waals surface area (Å²) in [4.78, 5) is 12.3. The van der Waals surface area contributed by atoms with Gasteiger partial charge in [0.05, 0.1) is 11.5 Å². The molecule has 0 bridgehead atoms. The van der Waals surface area contributed by atoms with Gasteiger partial charge in [-0.25, -0.2) is 0 Å². The molecule has 1 aliphatic rings. The molecule has 0 saturated carbocycles. The van der Waals surface area contributed by atoms with Gasteiger partial charge in [-0.05, 0) is 42.2 Å². The van der Waals surface area contributed by atoms with E-state index in [-0.39, 0.29) is 5.91 Å². The third-order valence-corrected chi connectivity index (χ3v) is 3.93. The van der Waals surface area contributed by atoms with Crippen LogP contribution < -0.4 is 5.32 Å². The van der Waals surface area contributed by atoms with Crippen LogP contribution in [-0.4, -0.2) is 5.91 Å². The monoisotopic (exact) mass is 305 g/mol. The maximum atomic E-state index is 12.6. The molecule has 2 aromatic carbocycles. The maximum Gasteiger partial charge on any atom is 0.416 e. The van der Waals surface area contributed by atoms with Crippen LogP contribution in [-0.2, 0) is 17.4 Å². The molecule has 1 aliphatic heterocycles. The van der Waals surface area contributed by atoms with Gasteiger partial charge in [-0.3, -0.25) is 4.79 Å². The van der Waals surface area contributed by atoms with E-state index in [0.717, 1.165) is 23.4 Å². The predicted octanol–water partition coefficient (Wildman–Crippen LogP) is 4.37. The van der Waals surface area contributed by atoms with Crippen molar-refractivity contribution in [3.05, 3.63) is 65.2 Å². The number of anilines is 1. The summed E-state index contributed by atoms with van der Waals surface area (Å²) < 4.78 is 37.8. The molecule has 0 saturated heterocycles. The zero-order valence-electron chi connectivity index (χ0n) is 11.7. The van der Waals surface area contributed by atoms with E-state index in [0.29, 0.717) is 18.4 Å². The van der Waals surface area contributed by atoms with Gasteiger partial charge in [0.15, 0.2) is 0 Å². The molecule has 0 radical (unpaired) electrons. The second kappa shape index (κ2) is 5.48. The fourth-order valence-corrected chi connectivity index (χ4v) is 2.73. The van der Waals surface area contributed by atoms with Gasteiger partial charge in [-0.2, -0.15) is 13.2 Å². The molecular weight excluding hydrogens is 291 g/mol. The van der Waals surface area contributed by atoms with Crippen LogP contribution in [0.3, 0.4) is 0 Å². The molecule has 1 amide bonds. The average molecular weight is 305 g/mol. The van der Waals surface area contributed by atoms with Crippen molar-refractivity contribution in [2.75, 3.05) is 5.32 Å². The topological polar surface area (TPSA) is 29.1 Å². The Labute approximate surface area is 126 Å². The summed E-state index contributed by atoms with van der Waals surface area (Å²) in [6.07, 6.45) is -3.07. The average Bonchev–Trinajstić information content (AvgIpc) is 2.65. The van der Waals surface area contributed by atoms with Crippen LogP contribution >= 0.6 is 0 Å². The summed E-state index contributed by atoms with van der Waals surface area (Å²) >= 11 is 0. The van der Waals surface area contributed by atoms with Gasteiger partial charge in [0.25, 0.3) is 0 Å². The molecule has 2 aromatic rings. The van der Waals surface area contributed by atoms with Gasteiger partial charge >= 0.3 is 6.18 Å². The third-order valence-electron chi connectivity index (χ3n) is 3.93. The number of hydrogen-bond acceptors (Lipinski definition) is 1. The number of carbonyl (C=O) groups is 1. The number of amides is 1. The normalized spacial score (nSPS) is 18.3. The third kappa shape index (κ3) is 2.84. The molecule has 2 nitrogen and oxygen atoms in total. The minimum absolute atomic E-state index is 0.176. The molecule has 1 heterocycles. The van der Waals surface area contributed by atoms with Crippen LogP contribution in [0.15, 0.2) is 48.5 Å². The van der Waals surface area contributed by atoms with E-state index in [1.165, 1.54) is 12.1 Å². The number of rotatable bonds is 1. The lowest BCUT2D eigenvalue weighted by atomic mass is 9.92. The first-order valence-electron chi connectivity index (χ1n) is 7.01. The number of hydrogen-bond donors (Lipinski definition) is 1. The summed E-state index contributed by atoms with van der Waals surface area (Å²) in [5.41, 5.74) is 1.74. The van der Waals surface area contributed by atoms with E-state index >= 15 is 0 Å². The lowest BCUT2D eigenvalue weighted by Crippen LogP contribution is -2.19. The molecule has 114 valence electrons. The zero-order chi connectivity index (χ0) is 15.7. The van der Waals surface area contributed by atoms with Crippen LogP contribution in [0.25, 0.3) is 0 Å². The molecule has 22 heavy (non-hydrogen) atoms. The largest absolute Gasteiger partial charge is 0.416 e. The Morgan fingerprint density at radius 1 is 1.00 bits per heavy atom. The number of carbonyl (C=O) groups excluding carboxylic acids is 1. The maximum absolute atomic E-state index is 12.6. The van der Waals surface area contributed by atoms with E-state index < -0.39 is 17.7 Å². The Kier molecular flexibility index (Phi) is 3.64. The van der Waals surface area contributed by atoms with Gasteiger partial charge in [0.1, 0.15) is 0 Å². The molecule has 0 aromatic heterocycles. The van der Waals surface area contributed by atoms with Crippen molar-refractivity contribution >= 4 is 11.6 Å². The van der Waals surface area contributed by atoms with Crippen molar-refractivity contribution in [1.82, 2.24) is 0 Å². The van der Waals surface area contributed by atoms with E-state index in [4.69, 9.17) is 0 Å². The van der Waals surface area contributed by atoms with Crippen molar-refractivity contribution in [3.63, 3.8) is 0 Å². The highest BCUT2D eigenvalue weighted by molar-refractivity contribution is 5.97. The Morgan fingerprint density at radius 3 is 2.36 bits per heavy atom. The van der Waals surface area contributed by atoms with Gasteiger partial charge < -0.3 is 5.32 Å². The number of benzene rings is 2. The van der Waals surface area contributed by atoms with Gasteiger partial charge in [0.2, 0.25) is 5.91 Å². The number of alkyl halides is 3. The minimum atomic E-state index is -4.36. The lowest BCUT2D eigenvalue weighted by molar-refractivity contribution is -0.137.